The molecule has 0 radical (unpaired) electrons. The molecule has 1 N–H and O–H groups in total. The van der Waals surface area contributed by atoms with Crippen LogP contribution in [-0.4, -0.2) is 38.6 Å². The van der Waals surface area contributed by atoms with E-state index in [-0.39, 0.29) is 5.91 Å². The van der Waals surface area contributed by atoms with Crippen LogP contribution in [0, 0.1) is 0 Å². The summed E-state index contributed by atoms with van der Waals surface area (Å²) in [5.74, 6) is 0.905. The van der Waals surface area contributed by atoms with Crippen molar-refractivity contribution in [1.82, 2.24) is 10.2 Å². The molecule has 1 rings (SSSR count). The van der Waals surface area contributed by atoms with Crippen molar-refractivity contribution in [3.8, 4) is 5.75 Å². The monoisotopic (exact) mass is 222 g/mol. The maximum absolute atomic E-state index is 11.3. The molecule has 0 saturated carbocycles. The number of rotatable bonds is 5. The number of likely N-dealkylation sites (N-methyl/N-ethyl adjacent to an activating group) is 1. The number of hydrogen-bond donors (Lipinski definition) is 1. The highest BCUT2D eigenvalue weighted by Gasteiger charge is 2.04. The molecule has 4 heteroatoms. The van der Waals surface area contributed by atoms with Gasteiger partial charge in [0.2, 0.25) is 5.91 Å². The number of methoxy groups -OCH3 is 1. The summed E-state index contributed by atoms with van der Waals surface area (Å²) in [5.41, 5.74) is 1.05. The number of benzene rings is 1. The molecule has 0 aliphatic carbocycles. The molecule has 0 aliphatic rings. The Balaban J connectivity index is 2.45. The fourth-order valence-corrected chi connectivity index (χ4v) is 1.31. The Bertz CT molecular complexity index is 351. The van der Waals surface area contributed by atoms with E-state index in [2.05, 4.69) is 5.32 Å². The van der Waals surface area contributed by atoms with Gasteiger partial charge in [0, 0.05) is 26.2 Å². The van der Waals surface area contributed by atoms with E-state index in [0.29, 0.717) is 13.1 Å². The van der Waals surface area contributed by atoms with E-state index in [1.165, 1.54) is 0 Å². The van der Waals surface area contributed by atoms with Crippen molar-refractivity contribution in [1.29, 1.82) is 0 Å². The summed E-state index contributed by atoms with van der Waals surface area (Å²) in [6, 6.07) is 7.76. The summed E-state index contributed by atoms with van der Waals surface area (Å²) in [6.45, 7) is 0.967. The average Bonchev–Trinajstić information content (AvgIpc) is 2.29. The van der Waals surface area contributed by atoms with Crippen molar-refractivity contribution in [3.05, 3.63) is 29.8 Å². The van der Waals surface area contributed by atoms with Gasteiger partial charge in [-0.1, -0.05) is 18.2 Å². The second-order valence-corrected chi connectivity index (χ2v) is 3.70. The lowest BCUT2D eigenvalue weighted by molar-refractivity contribution is -0.127. The third-order valence-corrected chi connectivity index (χ3v) is 2.28. The third-order valence-electron chi connectivity index (χ3n) is 2.28. The molecule has 1 aromatic rings. The van der Waals surface area contributed by atoms with Gasteiger partial charge in [0.25, 0.3) is 0 Å². The largest absolute Gasteiger partial charge is 0.496 e. The first-order valence-corrected chi connectivity index (χ1v) is 5.18. The summed E-state index contributed by atoms with van der Waals surface area (Å²) in [7, 11) is 5.13. The smallest absolute Gasteiger partial charge is 0.236 e. The minimum Gasteiger partial charge on any atom is -0.496 e. The van der Waals surface area contributed by atoms with Gasteiger partial charge < -0.3 is 15.0 Å². The first-order chi connectivity index (χ1) is 7.65. The third kappa shape index (κ3) is 3.55. The number of ether oxygens (including phenoxy) is 1. The topological polar surface area (TPSA) is 41.6 Å². The van der Waals surface area contributed by atoms with Gasteiger partial charge >= 0.3 is 0 Å². The maximum atomic E-state index is 11.3. The van der Waals surface area contributed by atoms with Gasteiger partial charge in [0.05, 0.1) is 13.7 Å². The van der Waals surface area contributed by atoms with Crippen LogP contribution in [0.5, 0.6) is 5.75 Å². The van der Waals surface area contributed by atoms with E-state index < -0.39 is 0 Å². The van der Waals surface area contributed by atoms with Gasteiger partial charge in [0.15, 0.2) is 0 Å². The lowest BCUT2D eigenvalue weighted by Gasteiger charge is -2.12. The highest BCUT2D eigenvalue weighted by Crippen LogP contribution is 2.16. The van der Waals surface area contributed by atoms with Gasteiger partial charge in [-0.3, -0.25) is 4.79 Å². The number of para-hydroxylation sites is 1. The van der Waals surface area contributed by atoms with Crippen molar-refractivity contribution in [2.24, 2.45) is 0 Å². The van der Waals surface area contributed by atoms with E-state index in [1.54, 1.807) is 26.1 Å². The molecule has 0 bridgehead atoms. The van der Waals surface area contributed by atoms with Gasteiger partial charge in [-0.2, -0.15) is 0 Å². The highest BCUT2D eigenvalue weighted by atomic mass is 16.5. The summed E-state index contributed by atoms with van der Waals surface area (Å²) in [5, 5.41) is 3.09. The molecule has 0 fully saturated rings. The molecule has 0 atom stereocenters. The molecular formula is C12H18N2O2. The van der Waals surface area contributed by atoms with Gasteiger partial charge in [0.1, 0.15) is 5.75 Å². The minimum absolute atomic E-state index is 0.0647. The molecule has 4 nitrogen and oxygen atoms in total. The van der Waals surface area contributed by atoms with Gasteiger partial charge in [-0.05, 0) is 6.07 Å². The van der Waals surface area contributed by atoms with Crippen LogP contribution in [-0.2, 0) is 11.3 Å². The predicted molar refractivity (Wildman–Crippen MR) is 63.4 cm³/mol. The predicted octanol–water partition coefficient (Wildman–Crippen LogP) is 0.873. The Morgan fingerprint density at radius 2 is 2.06 bits per heavy atom. The first-order valence-electron chi connectivity index (χ1n) is 5.18. The Kier molecular flexibility index (Phi) is 4.79. The standard InChI is InChI=1S/C12H18N2O2/c1-14(2)12(15)9-13-8-10-6-4-5-7-11(10)16-3/h4-7,13H,8-9H2,1-3H3. The maximum Gasteiger partial charge on any atom is 0.236 e. The number of carbonyl (C=O) groups excluding carboxylic acids is 1. The second-order valence-electron chi connectivity index (χ2n) is 3.70. The normalized spacial score (nSPS) is 9.94. The van der Waals surface area contributed by atoms with Gasteiger partial charge in [-0.25, -0.2) is 0 Å². The van der Waals surface area contributed by atoms with Crippen molar-refractivity contribution in [3.63, 3.8) is 0 Å². The summed E-state index contributed by atoms with van der Waals surface area (Å²) >= 11 is 0. The molecular weight excluding hydrogens is 204 g/mol. The fraction of sp³-hybridized carbons (Fsp3) is 0.417. The van der Waals surface area contributed by atoms with Crippen LogP contribution in [0.1, 0.15) is 5.56 Å². The minimum atomic E-state index is 0.0647. The number of hydrogen-bond acceptors (Lipinski definition) is 3. The molecule has 88 valence electrons. The van der Waals surface area contributed by atoms with Crippen molar-refractivity contribution in [2.75, 3.05) is 27.7 Å². The molecule has 0 heterocycles. The molecule has 0 spiro atoms. The Morgan fingerprint density at radius 3 is 2.69 bits per heavy atom. The summed E-state index contributed by atoms with van der Waals surface area (Å²) < 4.78 is 5.21. The zero-order valence-corrected chi connectivity index (χ0v) is 9.99. The first kappa shape index (κ1) is 12.5. The zero-order valence-electron chi connectivity index (χ0n) is 9.99. The van der Waals surface area contributed by atoms with E-state index in [4.69, 9.17) is 4.74 Å². The number of carbonyl (C=O) groups is 1. The number of nitrogens with one attached hydrogen (secondary N) is 1. The second kappa shape index (κ2) is 6.12. The lowest BCUT2D eigenvalue weighted by Crippen LogP contribution is -2.32. The van der Waals surface area contributed by atoms with Crippen LogP contribution in [0.4, 0.5) is 0 Å². The molecule has 0 aliphatic heterocycles. The number of nitrogens with zero attached hydrogens (tertiary/aromatic N) is 1. The van der Waals surface area contributed by atoms with Crippen molar-refractivity contribution >= 4 is 5.91 Å². The summed E-state index contributed by atoms with van der Waals surface area (Å²) in [6.07, 6.45) is 0. The van der Waals surface area contributed by atoms with Crippen LogP contribution >= 0.6 is 0 Å². The highest BCUT2D eigenvalue weighted by molar-refractivity contribution is 5.77. The van der Waals surface area contributed by atoms with Crippen molar-refractivity contribution in [2.45, 2.75) is 6.54 Å². The van der Waals surface area contributed by atoms with E-state index in [0.717, 1.165) is 11.3 Å². The quantitative estimate of drug-likeness (QED) is 0.804. The van der Waals surface area contributed by atoms with Gasteiger partial charge in [-0.15, -0.1) is 0 Å². The molecule has 0 saturated heterocycles. The molecule has 0 unspecified atom stereocenters. The zero-order chi connectivity index (χ0) is 12.0. The average molecular weight is 222 g/mol. The SMILES string of the molecule is COc1ccccc1CNCC(=O)N(C)C. The molecule has 1 amide bonds. The van der Waals surface area contributed by atoms with Crippen LogP contribution in [0.2, 0.25) is 0 Å². The van der Waals surface area contributed by atoms with Crippen LogP contribution in [0.25, 0.3) is 0 Å². The van der Waals surface area contributed by atoms with Crippen LogP contribution in [0.15, 0.2) is 24.3 Å². The Hall–Kier alpha value is -1.55. The van der Waals surface area contributed by atoms with Crippen molar-refractivity contribution < 1.29 is 9.53 Å². The molecule has 16 heavy (non-hydrogen) atoms. The number of amides is 1. The summed E-state index contributed by atoms with van der Waals surface area (Å²) in [4.78, 5) is 12.9. The Labute approximate surface area is 96.2 Å². The van der Waals surface area contributed by atoms with Crippen LogP contribution in [0.3, 0.4) is 0 Å². The Morgan fingerprint density at radius 1 is 1.38 bits per heavy atom. The van der Waals surface area contributed by atoms with E-state index in [1.807, 2.05) is 24.3 Å². The van der Waals surface area contributed by atoms with E-state index >= 15 is 0 Å². The van der Waals surface area contributed by atoms with E-state index in [9.17, 15) is 4.79 Å². The van der Waals surface area contributed by atoms with Crippen LogP contribution < -0.4 is 10.1 Å². The molecule has 0 aromatic heterocycles. The molecule has 1 aromatic carbocycles. The lowest BCUT2D eigenvalue weighted by atomic mass is 10.2. The fourth-order valence-electron chi connectivity index (χ4n) is 1.31.